The van der Waals surface area contributed by atoms with Gasteiger partial charge in [0.1, 0.15) is 17.9 Å². The molecule has 0 radical (unpaired) electrons. The summed E-state index contributed by atoms with van der Waals surface area (Å²) in [6.45, 7) is -0.105. The summed E-state index contributed by atoms with van der Waals surface area (Å²) < 4.78 is 0.894. The number of fused-ring (bicyclic) bond motifs is 1. The highest BCUT2D eigenvalue weighted by Crippen LogP contribution is 2.24. The zero-order chi connectivity index (χ0) is 9.42. The van der Waals surface area contributed by atoms with Crippen molar-refractivity contribution in [3.05, 3.63) is 22.4 Å². The molecule has 1 heterocycles. The summed E-state index contributed by atoms with van der Waals surface area (Å²) in [5.41, 5.74) is 7.86. The van der Waals surface area contributed by atoms with E-state index in [0.717, 1.165) is 9.99 Å². The predicted molar refractivity (Wildman–Crippen MR) is 54.1 cm³/mol. The van der Waals surface area contributed by atoms with Gasteiger partial charge in [-0.2, -0.15) is 0 Å². The number of nitrogens with one attached hydrogen (secondary N) is 1. The van der Waals surface area contributed by atoms with Gasteiger partial charge in [0.15, 0.2) is 0 Å². The molecule has 4 N–H and O–H groups in total. The van der Waals surface area contributed by atoms with Crippen molar-refractivity contribution >= 4 is 32.7 Å². The number of aliphatic hydroxyl groups excluding tert-OH is 1. The van der Waals surface area contributed by atoms with E-state index in [4.69, 9.17) is 10.8 Å². The third-order valence-corrected chi connectivity index (χ3v) is 2.24. The highest BCUT2D eigenvalue weighted by molar-refractivity contribution is 9.10. The van der Waals surface area contributed by atoms with Crippen molar-refractivity contribution in [1.29, 1.82) is 0 Å². The second-order valence-electron chi connectivity index (χ2n) is 2.73. The highest BCUT2D eigenvalue weighted by Gasteiger charge is 2.05. The number of anilines is 1. The smallest absolute Gasteiger partial charge is 0.133 e. The summed E-state index contributed by atoms with van der Waals surface area (Å²) in [6, 6.07) is 3.65. The summed E-state index contributed by atoms with van der Waals surface area (Å²) in [5, 5.41) is 8.85. The Morgan fingerprint density at radius 3 is 3.00 bits per heavy atom. The maximum absolute atomic E-state index is 8.85. The highest BCUT2D eigenvalue weighted by atomic mass is 79.9. The molecule has 0 aliphatic rings. The van der Waals surface area contributed by atoms with Gasteiger partial charge in [0.25, 0.3) is 0 Å². The Morgan fingerprint density at radius 2 is 2.31 bits per heavy atom. The minimum atomic E-state index is -0.105. The zero-order valence-corrected chi connectivity index (χ0v) is 8.30. The van der Waals surface area contributed by atoms with E-state index in [-0.39, 0.29) is 6.61 Å². The minimum absolute atomic E-state index is 0.105. The van der Waals surface area contributed by atoms with Crippen LogP contribution in [-0.2, 0) is 6.61 Å². The second-order valence-corrected chi connectivity index (χ2v) is 3.65. The summed E-state index contributed by atoms with van der Waals surface area (Å²) in [6.07, 6.45) is 0. The third kappa shape index (κ3) is 1.40. The van der Waals surface area contributed by atoms with Crippen molar-refractivity contribution in [2.45, 2.75) is 6.61 Å². The average molecular weight is 242 g/mol. The first-order valence-corrected chi connectivity index (χ1v) is 4.54. The summed E-state index contributed by atoms with van der Waals surface area (Å²) >= 11 is 3.32. The number of hydrogen-bond donors (Lipinski definition) is 3. The maximum Gasteiger partial charge on any atom is 0.133 e. The van der Waals surface area contributed by atoms with Crippen LogP contribution in [-0.4, -0.2) is 15.1 Å². The Hall–Kier alpha value is -1.07. The monoisotopic (exact) mass is 241 g/mol. The van der Waals surface area contributed by atoms with Crippen molar-refractivity contribution in [2.24, 2.45) is 0 Å². The molecular formula is C8H8BrN3O. The van der Waals surface area contributed by atoms with Gasteiger partial charge in [0, 0.05) is 4.47 Å². The fourth-order valence-electron chi connectivity index (χ4n) is 1.23. The number of hydrogen-bond acceptors (Lipinski definition) is 3. The zero-order valence-electron chi connectivity index (χ0n) is 6.71. The van der Waals surface area contributed by atoms with E-state index in [9.17, 15) is 0 Å². The van der Waals surface area contributed by atoms with Gasteiger partial charge in [0.2, 0.25) is 0 Å². The first kappa shape index (κ1) is 8.52. The molecular weight excluding hydrogens is 234 g/mol. The number of aliphatic hydroxyl groups is 1. The standard InChI is InChI=1S/C8H8BrN3O/c9-4-1-5(10)8-6(2-4)11-7(3-13)12-8/h1-2,13H,3,10H2,(H,11,12). The van der Waals surface area contributed by atoms with E-state index in [1.165, 1.54) is 0 Å². The lowest BCUT2D eigenvalue weighted by Crippen LogP contribution is -1.87. The van der Waals surface area contributed by atoms with Crippen molar-refractivity contribution in [2.75, 3.05) is 5.73 Å². The van der Waals surface area contributed by atoms with Gasteiger partial charge < -0.3 is 15.8 Å². The molecule has 0 saturated carbocycles. The van der Waals surface area contributed by atoms with Crippen LogP contribution in [0.2, 0.25) is 0 Å². The number of nitrogen functional groups attached to an aromatic ring is 1. The second kappa shape index (κ2) is 3.01. The Labute approximate surface area is 82.9 Å². The molecule has 0 aliphatic carbocycles. The molecule has 5 heteroatoms. The fourth-order valence-corrected chi connectivity index (χ4v) is 1.71. The van der Waals surface area contributed by atoms with Crippen molar-refractivity contribution in [3.8, 4) is 0 Å². The average Bonchev–Trinajstić information content (AvgIpc) is 2.47. The fraction of sp³-hybridized carbons (Fsp3) is 0.125. The molecule has 13 heavy (non-hydrogen) atoms. The summed E-state index contributed by atoms with van der Waals surface area (Å²) in [4.78, 5) is 7.08. The van der Waals surface area contributed by atoms with Gasteiger partial charge in [-0.3, -0.25) is 0 Å². The molecule has 0 amide bonds. The number of halogens is 1. The molecule has 2 aromatic rings. The van der Waals surface area contributed by atoms with E-state index in [0.29, 0.717) is 17.0 Å². The lowest BCUT2D eigenvalue weighted by atomic mass is 10.3. The first-order chi connectivity index (χ1) is 6.20. The Morgan fingerprint density at radius 1 is 1.54 bits per heavy atom. The number of aromatic nitrogens is 2. The quantitative estimate of drug-likeness (QED) is 0.661. The number of imidazole rings is 1. The third-order valence-electron chi connectivity index (χ3n) is 1.78. The van der Waals surface area contributed by atoms with Gasteiger partial charge in [0.05, 0.1) is 11.2 Å². The van der Waals surface area contributed by atoms with E-state index in [1.54, 1.807) is 6.07 Å². The van der Waals surface area contributed by atoms with Gasteiger partial charge >= 0.3 is 0 Å². The van der Waals surface area contributed by atoms with Gasteiger partial charge in [-0.25, -0.2) is 4.98 Å². The van der Waals surface area contributed by atoms with E-state index in [1.807, 2.05) is 6.07 Å². The molecule has 0 aliphatic heterocycles. The van der Waals surface area contributed by atoms with Gasteiger partial charge in [-0.05, 0) is 12.1 Å². The molecule has 0 atom stereocenters. The topological polar surface area (TPSA) is 74.9 Å². The molecule has 1 aromatic carbocycles. The SMILES string of the molecule is Nc1cc(Br)cc2[nH]c(CO)nc12. The Kier molecular flexibility index (Phi) is 1.97. The molecule has 0 spiro atoms. The number of H-pyrrole nitrogens is 1. The molecule has 68 valence electrons. The molecule has 0 saturated heterocycles. The molecule has 0 fully saturated rings. The molecule has 2 rings (SSSR count). The summed E-state index contributed by atoms with van der Waals surface area (Å²) in [5.74, 6) is 0.528. The molecule has 4 nitrogen and oxygen atoms in total. The number of nitrogens with zero attached hydrogens (tertiary/aromatic N) is 1. The number of rotatable bonds is 1. The number of benzene rings is 1. The number of aromatic amines is 1. The van der Waals surface area contributed by atoms with Crippen LogP contribution in [0.5, 0.6) is 0 Å². The maximum atomic E-state index is 8.85. The minimum Gasteiger partial charge on any atom is -0.397 e. The van der Waals surface area contributed by atoms with E-state index >= 15 is 0 Å². The number of nitrogens with two attached hydrogens (primary N) is 1. The van der Waals surface area contributed by atoms with Crippen LogP contribution in [0.4, 0.5) is 5.69 Å². The Bertz CT molecular complexity index is 452. The predicted octanol–water partition coefficient (Wildman–Crippen LogP) is 1.40. The lowest BCUT2D eigenvalue weighted by Gasteiger charge is -1.94. The van der Waals surface area contributed by atoms with Crippen LogP contribution < -0.4 is 5.73 Å². The lowest BCUT2D eigenvalue weighted by molar-refractivity contribution is 0.273. The van der Waals surface area contributed by atoms with Crippen LogP contribution >= 0.6 is 15.9 Å². The van der Waals surface area contributed by atoms with Gasteiger partial charge in [-0.15, -0.1) is 0 Å². The van der Waals surface area contributed by atoms with E-state index < -0.39 is 0 Å². The van der Waals surface area contributed by atoms with Crippen LogP contribution in [0.15, 0.2) is 16.6 Å². The van der Waals surface area contributed by atoms with Gasteiger partial charge in [-0.1, -0.05) is 15.9 Å². The van der Waals surface area contributed by atoms with Crippen LogP contribution in [0.25, 0.3) is 11.0 Å². The van der Waals surface area contributed by atoms with Crippen molar-refractivity contribution < 1.29 is 5.11 Å². The largest absolute Gasteiger partial charge is 0.397 e. The molecule has 0 bridgehead atoms. The van der Waals surface area contributed by atoms with Crippen LogP contribution in [0.3, 0.4) is 0 Å². The van der Waals surface area contributed by atoms with Crippen LogP contribution in [0, 0.1) is 0 Å². The molecule has 1 aromatic heterocycles. The van der Waals surface area contributed by atoms with Crippen LogP contribution in [0.1, 0.15) is 5.82 Å². The summed E-state index contributed by atoms with van der Waals surface area (Å²) in [7, 11) is 0. The van der Waals surface area contributed by atoms with E-state index in [2.05, 4.69) is 25.9 Å². The van der Waals surface area contributed by atoms with Crippen molar-refractivity contribution in [3.63, 3.8) is 0 Å². The normalized spacial score (nSPS) is 10.9. The van der Waals surface area contributed by atoms with Crippen molar-refractivity contribution in [1.82, 2.24) is 9.97 Å². The molecule has 0 unspecified atom stereocenters. The first-order valence-electron chi connectivity index (χ1n) is 3.75. The Balaban J connectivity index is 2.75.